The highest BCUT2D eigenvalue weighted by atomic mass is 35.5. The first-order chi connectivity index (χ1) is 8.49. The Morgan fingerprint density at radius 2 is 2.17 bits per heavy atom. The van der Waals surface area contributed by atoms with Gasteiger partial charge in [0.1, 0.15) is 22.9 Å². The monoisotopic (exact) mass is 288 g/mol. The van der Waals surface area contributed by atoms with Crippen LogP contribution in [0, 0.1) is 5.82 Å². The molecule has 0 aliphatic heterocycles. The molecule has 2 rings (SSSR count). The average molecular weight is 289 g/mol. The van der Waals surface area contributed by atoms with E-state index in [0.717, 1.165) is 0 Å². The van der Waals surface area contributed by atoms with Gasteiger partial charge in [-0.1, -0.05) is 23.2 Å². The Morgan fingerprint density at radius 1 is 1.44 bits per heavy atom. The van der Waals surface area contributed by atoms with Gasteiger partial charge in [-0.25, -0.2) is 9.37 Å². The van der Waals surface area contributed by atoms with Crippen molar-refractivity contribution in [2.24, 2.45) is 7.05 Å². The molecule has 0 amide bonds. The van der Waals surface area contributed by atoms with E-state index in [1.165, 1.54) is 24.4 Å². The summed E-state index contributed by atoms with van der Waals surface area (Å²) >= 11 is 11.8. The Bertz CT molecular complexity index is 571. The second-order valence-electron chi connectivity index (χ2n) is 3.95. The first-order valence-electron chi connectivity index (χ1n) is 5.28. The summed E-state index contributed by atoms with van der Waals surface area (Å²) in [5, 5.41) is 10.9. The predicted octanol–water partition coefficient (Wildman–Crippen LogP) is 3.14. The minimum Gasteiger partial charge on any atom is -0.385 e. The van der Waals surface area contributed by atoms with E-state index in [2.05, 4.69) is 4.98 Å². The standard InChI is InChI=1S/C12H11Cl2FN2O/c1-17-11(14)6-16-12(17)10(18)5-7-4-8(15)2-3-9(7)13/h2-4,6,10,18H,5H2,1H3. The highest BCUT2D eigenvalue weighted by Gasteiger charge is 2.17. The maximum atomic E-state index is 13.1. The van der Waals surface area contributed by atoms with Crippen molar-refractivity contribution in [3.8, 4) is 0 Å². The fourth-order valence-corrected chi connectivity index (χ4v) is 2.04. The topological polar surface area (TPSA) is 38.0 Å². The van der Waals surface area contributed by atoms with Crippen LogP contribution in [0.15, 0.2) is 24.4 Å². The lowest BCUT2D eigenvalue weighted by atomic mass is 10.1. The maximum Gasteiger partial charge on any atom is 0.138 e. The molecule has 0 bridgehead atoms. The molecule has 0 aliphatic carbocycles. The van der Waals surface area contributed by atoms with Gasteiger partial charge in [0.15, 0.2) is 0 Å². The molecule has 3 nitrogen and oxygen atoms in total. The first kappa shape index (κ1) is 13.3. The van der Waals surface area contributed by atoms with Gasteiger partial charge in [-0.2, -0.15) is 0 Å². The third-order valence-electron chi connectivity index (χ3n) is 2.69. The van der Waals surface area contributed by atoms with Gasteiger partial charge in [0.2, 0.25) is 0 Å². The second-order valence-corrected chi connectivity index (χ2v) is 4.75. The molecule has 1 aromatic carbocycles. The molecule has 0 aliphatic rings. The van der Waals surface area contributed by atoms with Crippen LogP contribution in [0.3, 0.4) is 0 Å². The number of rotatable bonds is 3. The zero-order chi connectivity index (χ0) is 13.3. The predicted molar refractivity (Wildman–Crippen MR) is 68.3 cm³/mol. The molecule has 18 heavy (non-hydrogen) atoms. The zero-order valence-corrected chi connectivity index (χ0v) is 11.1. The molecule has 0 fully saturated rings. The van der Waals surface area contributed by atoms with Gasteiger partial charge in [0, 0.05) is 18.5 Å². The van der Waals surface area contributed by atoms with Gasteiger partial charge in [-0.15, -0.1) is 0 Å². The summed E-state index contributed by atoms with van der Waals surface area (Å²) in [5.41, 5.74) is 0.531. The van der Waals surface area contributed by atoms with Crippen molar-refractivity contribution >= 4 is 23.2 Å². The Balaban J connectivity index is 2.23. The SMILES string of the molecule is Cn1c(Cl)cnc1C(O)Cc1cc(F)ccc1Cl. The number of aliphatic hydroxyl groups excluding tert-OH is 1. The minimum atomic E-state index is -0.887. The number of aliphatic hydroxyl groups is 1. The first-order valence-corrected chi connectivity index (χ1v) is 6.03. The third kappa shape index (κ3) is 2.66. The number of hydrogen-bond donors (Lipinski definition) is 1. The van der Waals surface area contributed by atoms with Crippen molar-refractivity contribution in [3.63, 3.8) is 0 Å². The van der Waals surface area contributed by atoms with E-state index < -0.39 is 6.10 Å². The Morgan fingerprint density at radius 3 is 2.78 bits per heavy atom. The van der Waals surface area contributed by atoms with Gasteiger partial charge in [0.25, 0.3) is 0 Å². The molecule has 6 heteroatoms. The maximum absolute atomic E-state index is 13.1. The molecule has 1 N–H and O–H groups in total. The molecule has 96 valence electrons. The van der Waals surface area contributed by atoms with E-state index in [-0.39, 0.29) is 12.2 Å². The lowest BCUT2D eigenvalue weighted by Gasteiger charge is -2.12. The molecule has 1 aromatic heterocycles. The van der Waals surface area contributed by atoms with E-state index in [4.69, 9.17) is 23.2 Å². The largest absolute Gasteiger partial charge is 0.385 e. The molecule has 0 saturated carbocycles. The fourth-order valence-electron chi connectivity index (χ4n) is 1.71. The molecular formula is C12H11Cl2FN2O. The van der Waals surface area contributed by atoms with E-state index in [0.29, 0.717) is 21.6 Å². The number of imidazole rings is 1. The number of benzene rings is 1. The molecule has 2 aromatic rings. The molecular weight excluding hydrogens is 278 g/mol. The summed E-state index contributed by atoms with van der Waals surface area (Å²) in [6.45, 7) is 0. The number of halogens is 3. The molecule has 1 heterocycles. The lowest BCUT2D eigenvalue weighted by Crippen LogP contribution is -2.09. The summed E-state index contributed by atoms with van der Waals surface area (Å²) in [7, 11) is 1.70. The van der Waals surface area contributed by atoms with E-state index in [9.17, 15) is 9.50 Å². The van der Waals surface area contributed by atoms with Crippen LogP contribution in [0.2, 0.25) is 10.2 Å². The van der Waals surface area contributed by atoms with Gasteiger partial charge in [0.05, 0.1) is 6.20 Å². The summed E-state index contributed by atoms with van der Waals surface area (Å²) in [6, 6.07) is 4.04. The lowest BCUT2D eigenvalue weighted by molar-refractivity contribution is 0.165. The van der Waals surface area contributed by atoms with Crippen LogP contribution < -0.4 is 0 Å². The smallest absolute Gasteiger partial charge is 0.138 e. The van der Waals surface area contributed by atoms with E-state index in [1.54, 1.807) is 11.6 Å². The van der Waals surface area contributed by atoms with Crippen molar-refractivity contribution < 1.29 is 9.50 Å². The van der Waals surface area contributed by atoms with E-state index in [1.807, 2.05) is 0 Å². The quantitative estimate of drug-likeness (QED) is 0.942. The van der Waals surface area contributed by atoms with Crippen LogP contribution in [0.5, 0.6) is 0 Å². The Kier molecular flexibility index (Phi) is 3.90. The van der Waals surface area contributed by atoms with Crippen molar-refractivity contribution in [3.05, 3.63) is 51.8 Å². The molecule has 0 saturated heterocycles. The van der Waals surface area contributed by atoms with Crippen LogP contribution in [-0.4, -0.2) is 14.7 Å². The highest BCUT2D eigenvalue weighted by Crippen LogP contribution is 2.24. The summed E-state index contributed by atoms with van der Waals surface area (Å²) in [4.78, 5) is 4.01. The summed E-state index contributed by atoms with van der Waals surface area (Å²) < 4.78 is 14.7. The summed E-state index contributed by atoms with van der Waals surface area (Å²) in [6.07, 6.45) is 0.743. The van der Waals surface area contributed by atoms with Crippen molar-refractivity contribution in [2.75, 3.05) is 0 Å². The average Bonchev–Trinajstić information content (AvgIpc) is 2.65. The Labute approximate surface area is 114 Å². The van der Waals surface area contributed by atoms with Crippen molar-refractivity contribution in [2.45, 2.75) is 12.5 Å². The highest BCUT2D eigenvalue weighted by molar-refractivity contribution is 6.31. The zero-order valence-electron chi connectivity index (χ0n) is 9.57. The Hall–Kier alpha value is -1.10. The second kappa shape index (κ2) is 5.26. The third-order valence-corrected chi connectivity index (χ3v) is 3.41. The number of aromatic nitrogens is 2. The van der Waals surface area contributed by atoms with Crippen LogP contribution in [0.25, 0.3) is 0 Å². The van der Waals surface area contributed by atoms with Gasteiger partial charge < -0.3 is 9.67 Å². The normalized spacial score (nSPS) is 12.7. The van der Waals surface area contributed by atoms with Crippen LogP contribution >= 0.6 is 23.2 Å². The van der Waals surface area contributed by atoms with Crippen molar-refractivity contribution in [1.82, 2.24) is 9.55 Å². The number of hydrogen-bond acceptors (Lipinski definition) is 2. The molecule has 1 atom stereocenters. The van der Waals surface area contributed by atoms with Gasteiger partial charge in [-0.05, 0) is 23.8 Å². The minimum absolute atomic E-state index is 0.178. The molecule has 0 radical (unpaired) electrons. The van der Waals surface area contributed by atoms with Crippen LogP contribution in [-0.2, 0) is 13.5 Å². The molecule has 1 unspecified atom stereocenters. The van der Waals surface area contributed by atoms with Crippen molar-refractivity contribution in [1.29, 1.82) is 0 Å². The van der Waals surface area contributed by atoms with Crippen LogP contribution in [0.1, 0.15) is 17.5 Å². The number of nitrogens with zero attached hydrogens (tertiary/aromatic N) is 2. The van der Waals surface area contributed by atoms with Crippen LogP contribution in [0.4, 0.5) is 4.39 Å². The van der Waals surface area contributed by atoms with Gasteiger partial charge in [-0.3, -0.25) is 0 Å². The van der Waals surface area contributed by atoms with Gasteiger partial charge >= 0.3 is 0 Å². The summed E-state index contributed by atoms with van der Waals surface area (Å²) in [5.74, 6) is 0.0276. The molecule has 0 spiro atoms. The fraction of sp³-hybridized carbons (Fsp3) is 0.250. The van der Waals surface area contributed by atoms with E-state index >= 15 is 0 Å².